The van der Waals surface area contributed by atoms with E-state index in [-0.39, 0.29) is 11.2 Å². The fourth-order valence-corrected chi connectivity index (χ4v) is 3.31. The Kier molecular flexibility index (Phi) is 5.12. The highest BCUT2D eigenvalue weighted by Gasteiger charge is 2.21. The molecule has 23 heavy (non-hydrogen) atoms. The zero-order chi connectivity index (χ0) is 15.9. The molecule has 0 heterocycles. The van der Waals surface area contributed by atoms with Crippen LogP contribution in [0, 0.1) is 0 Å². The van der Waals surface area contributed by atoms with Crippen molar-refractivity contribution >= 4 is 23.4 Å². The van der Waals surface area contributed by atoms with E-state index in [2.05, 4.69) is 5.32 Å². The summed E-state index contributed by atoms with van der Waals surface area (Å²) in [4.78, 5) is 13.9. The van der Waals surface area contributed by atoms with Crippen molar-refractivity contribution in [2.75, 3.05) is 5.32 Å². The molecule has 0 fully saturated rings. The third kappa shape index (κ3) is 4.24. The van der Waals surface area contributed by atoms with E-state index in [4.69, 9.17) is 0 Å². The summed E-state index contributed by atoms with van der Waals surface area (Å²) >= 11 is 1.56. The minimum Gasteiger partial charge on any atom is -0.325 e. The molecular formula is C20H17NOS. The van der Waals surface area contributed by atoms with Crippen molar-refractivity contribution < 1.29 is 4.79 Å². The highest BCUT2D eigenvalue weighted by atomic mass is 32.2. The Morgan fingerprint density at radius 2 is 1.26 bits per heavy atom. The molecule has 0 radical (unpaired) electrons. The van der Waals surface area contributed by atoms with Crippen LogP contribution in [0.3, 0.4) is 0 Å². The number of carbonyl (C=O) groups excluding carboxylic acids is 1. The molecule has 114 valence electrons. The summed E-state index contributed by atoms with van der Waals surface area (Å²) in [7, 11) is 0. The number of carbonyl (C=O) groups is 1. The predicted octanol–water partition coefficient (Wildman–Crippen LogP) is 5.16. The van der Waals surface area contributed by atoms with Crippen molar-refractivity contribution in [1.82, 2.24) is 0 Å². The number of hydrogen-bond donors (Lipinski definition) is 1. The molecular weight excluding hydrogens is 302 g/mol. The van der Waals surface area contributed by atoms with Gasteiger partial charge in [0.05, 0.1) is 0 Å². The van der Waals surface area contributed by atoms with Crippen LogP contribution in [-0.2, 0) is 4.79 Å². The fraction of sp³-hybridized carbons (Fsp3) is 0.0500. The zero-order valence-corrected chi connectivity index (χ0v) is 13.4. The van der Waals surface area contributed by atoms with Gasteiger partial charge in [0.15, 0.2) is 0 Å². The average molecular weight is 319 g/mol. The first-order valence-corrected chi connectivity index (χ1v) is 8.33. The number of nitrogens with one attached hydrogen (secondary N) is 1. The largest absolute Gasteiger partial charge is 0.325 e. The standard InChI is InChI=1S/C20H17NOS/c22-20(21-17-12-6-2-7-13-17)19(16-10-4-1-5-11-16)23-18-14-8-3-9-15-18/h1-15,19H,(H,21,22)/t19-/m1/s1. The maximum Gasteiger partial charge on any atom is 0.242 e. The first kappa shape index (κ1) is 15.4. The van der Waals surface area contributed by atoms with E-state index < -0.39 is 0 Å². The van der Waals surface area contributed by atoms with Crippen LogP contribution in [0.2, 0.25) is 0 Å². The Balaban J connectivity index is 1.84. The van der Waals surface area contributed by atoms with Crippen molar-refractivity contribution in [2.45, 2.75) is 10.1 Å². The van der Waals surface area contributed by atoms with Crippen molar-refractivity contribution in [3.63, 3.8) is 0 Å². The van der Waals surface area contributed by atoms with Crippen LogP contribution in [0.4, 0.5) is 5.69 Å². The van der Waals surface area contributed by atoms with Crippen LogP contribution in [0.15, 0.2) is 95.9 Å². The van der Waals surface area contributed by atoms with Gasteiger partial charge in [-0.25, -0.2) is 0 Å². The summed E-state index contributed by atoms with van der Waals surface area (Å²) in [6.45, 7) is 0. The maximum absolute atomic E-state index is 12.8. The van der Waals surface area contributed by atoms with Crippen molar-refractivity contribution in [1.29, 1.82) is 0 Å². The third-order valence-electron chi connectivity index (χ3n) is 3.38. The molecule has 3 aromatic carbocycles. The quantitative estimate of drug-likeness (QED) is 0.658. The summed E-state index contributed by atoms with van der Waals surface area (Å²) in [5.74, 6) is -0.0174. The maximum atomic E-state index is 12.8. The highest BCUT2D eigenvalue weighted by Crippen LogP contribution is 2.36. The second-order valence-electron chi connectivity index (χ2n) is 5.08. The van der Waals surface area contributed by atoms with Gasteiger partial charge in [0.2, 0.25) is 5.91 Å². The lowest BCUT2D eigenvalue weighted by atomic mass is 10.1. The lowest BCUT2D eigenvalue weighted by Gasteiger charge is -2.17. The summed E-state index contributed by atoms with van der Waals surface area (Å²) in [5, 5.41) is 2.71. The molecule has 3 aromatic rings. The Bertz CT molecular complexity index is 744. The third-order valence-corrected chi connectivity index (χ3v) is 4.65. The van der Waals surface area contributed by atoms with E-state index >= 15 is 0 Å². The number of thioether (sulfide) groups is 1. The summed E-state index contributed by atoms with van der Waals surface area (Å²) in [6, 6.07) is 29.4. The molecule has 0 spiro atoms. The van der Waals surface area contributed by atoms with Gasteiger partial charge in [0.25, 0.3) is 0 Å². The van der Waals surface area contributed by atoms with Gasteiger partial charge in [-0.3, -0.25) is 4.79 Å². The minimum atomic E-state index is -0.293. The van der Waals surface area contributed by atoms with Gasteiger partial charge in [-0.1, -0.05) is 66.7 Å². The molecule has 0 aliphatic rings. The second-order valence-corrected chi connectivity index (χ2v) is 6.26. The van der Waals surface area contributed by atoms with E-state index in [0.29, 0.717) is 0 Å². The SMILES string of the molecule is O=C(Nc1ccccc1)[C@H](Sc1ccccc1)c1ccccc1. The zero-order valence-electron chi connectivity index (χ0n) is 12.6. The molecule has 1 atom stereocenters. The monoisotopic (exact) mass is 319 g/mol. The van der Waals surface area contributed by atoms with E-state index in [1.54, 1.807) is 11.8 Å². The van der Waals surface area contributed by atoms with Gasteiger partial charge in [-0.05, 0) is 29.8 Å². The van der Waals surface area contributed by atoms with Gasteiger partial charge in [-0.2, -0.15) is 0 Å². The lowest BCUT2D eigenvalue weighted by molar-refractivity contribution is -0.115. The lowest BCUT2D eigenvalue weighted by Crippen LogP contribution is -2.18. The van der Waals surface area contributed by atoms with Crippen LogP contribution in [0.5, 0.6) is 0 Å². The summed E-state index contributed by atoms with van der Waals surface area (Å²) in [5.41, 5.74) is 1.81. The Morgan fingerprint density at radius 3 is 1.87 bits per heavy atom. The van der Waals surface area contributed by atoms with Gasteiger partial charge >= 0.3 is 0 Å². The van der Waals surface area contributed by atoms with Crippen molar-refractivity contribution in [3.05, 3.63) is 96.6 Å². The van der Waals surface area contributed by atoms with Crippen LogP contribution in [0.1, 0.15) is 10.8 Å². The molecule has 1 amide bonds. The highest BCUT2D eigenvalue weighted by molar-refractivity contribution is 8.00. The normalized spacial score (nSPS) is 11.7. The van der Waals surface area contributed by atoms with Crippen molar-refractivity contribution in [3.8, 4) is 0 Å². The van der Waals surface area contributed by atoms with Gasteiger partial charge in [0, 0.05) is 10.6 Å². The number of amides is 1. The van der Waals surface area contributed by atoms with Crippen LogP contribution >= 0.6 is 11.8 Å². The number of hydrogen-bond acceptors (Lipinski definition) is 2. The van der Waals surface area contributed by atoms with Crippen LogP contribution in [0.25, 0.3) is 0 Å². The van der Waals surface area contributed by atoms with Crippen LogP contribution < -0.4 is 5.32 Å². The first-order valence-electron chi connectivity index (χ1n) is 7.45. The molecule has 3 heteroatoms. The average Bonchev–Trinajstić information content (AvgIpc) is 2.62. The van der Waals surface area contributed by atoms with E-state index in [1.165, 1.54) is 0 Å². The molecule has 0 saturated carbocycles. The summed E-state index contributed by atoms with van der Waals surface area (Å²) in [6.07, 6.45) is 0. The Hall–Kier alpha value is -2.52. The predicted molar refractivity (Wildman–Crippen MR) is 96.6 cm³/mol. The van der Waals surface area contributed by atoms with Gasteiger partial charge < -0.3 is 5.32 Å². The number of anilines is 1. The smallest absolute Gasteiger partial charge is 0.242 e. The number of benzene rings is 3. The first-order chi connectivity index (χ1) is 11.3. The molecule has 0 unspecified atom stereocenters. The van der Waals surface area contributed by atoms with Gasteiger partial charge in [-0.15, -0.1) is 11.8 Å². The molecule has 0 aliphatic carbocycles. The van der Waals surface area contributed by atoms with Gasteiger partial charge in [0.1, 0.15) is 5.25 Å². The molecule has 0 saturated heterocycles. The molecule has 0 bridgehead atoms. The van der Waals surface area contributed by atoms with E-state index in [9.17, 15) is 4.79 Å². The number of rotatable bonds is 5. The topological polar surface area (TPSA) is 29.1 Å². The Labute approximate surface area is 140 Å². The van der Waals surface area contributed by atoms with Crippen molar-refractivity contribution in [2.24, 2.45) is 0 Å². The molecule has 2 nitrogen and oxygen atoms in total. The minimum absolute atomic E-state index is 0.0174. The molecule has 1 N–H and O–H groups in total. The van der Waals surface area contributed by atoms with E-state index in [1.807, 2.05) is 91.0 Å². The Morgan fingerprint density at radius 1 is 0.739 bits per heavy atom. The molecule has 3 rings (SSSR count). The second kappa shape index (κ2) is 7.65. The fourth-order valence-electron chi connectivity index (χ4n) is 2.27. The molecule has 0 aromatic heterocycles. The van der Waals surface area contributed by atoms with Crippen LogP contribution in [-0.4, -0.2) is 5.91 Å². The van der Waals surface area contributed by atoms with E-state index in [0.717, 1.165) is 16.1 Å². The number of para-hydroxylation sites is 1. The summed E-state index contributed by atoms with van der Waals surface area (Å²) < 4.78 is 0. The molecule has 0 aliphatic heterocycles.